The van der Waals surface area contributed by atoms with Crippen LogP contribution in [0.3, 0.4) is 0 Å². The van der Waals surface area contributed by atoms with Gasteiger partial charge in [-0.15, -0.1) is 0 Å². The molecule has 0 aromatic heterocycles. The summed E-state index contributed by atoms with van der Waals surface area (Å²) >= 11 is 12.0. The second-order valence-electron chi connectivity index (χ2n) is 8.58. The van der Waals surface area contributed by atoms with Gasteiger partial charge in [0.1, 0.15) is 11.8 Å². The minimum atomic E-state index is -0.574. The molecule has 0 heterocycles. The van der Waals surface area contributed by atoms with E-state index in [9.17, 15) is 9.59 Å². The third-order valence-corrected chi connectivity index (χ3v) is 6.47. The predicted octanol–water partition coefficient (Wildman–Crippen LogP) is 6.02. The summed E-state index contributed by atoms with van der Waals surface area (Å²) in [6, 6.07) is 14.2. The first-order valence-corrected chi connectivity index (χ1v) is 12.4. The first kappa shape index (κ1) is 25.4. The average molecular weight is 491 g/mol. The molecule has 1 fully saturated rings. The third kappa shape index (κ3) is 8.24. The number of rotatable bonds is 10. The van der Waals surface area contributed by atoms with Crippen molar-refractivity contribution in [1.29, 1.82) is 0 Å². The van der Waals surface area contributed by atoms with Gasteiger partial charge in [0, 0.05) is 29.1 Å². The molecule has 2 aromatic carbocycles. The molecule has 1 saturated carbocycles. The maximum absolute atomic E-state index is 13.2. The molecule has 1 aliphatic rings. The van der Waals surface area contributed by atoms with Crippen LogP contribution in [0.15, 0.2) is 48.5 Å². The number of carbonyl (C=O) groups excluding carboxylic acids is 2. The van der Waals surface area contributed by atoms with Crippen molar-refractivity contribution >= 4 is 35.0 Å². The Kier molecular flexibility index (Phi) is 9.89. The standard InChI is InChI=1S/C26H32Cl2N2O3/c1-19(26(32)29-23-9-3-2-4-10-23)30(18-20-7-5-8-22(28)17-20)25(31)11-6-16-33-24-14-12-21(27)13-15-24/h5,7-8,12-15,17,19,23H,2-4,6,9-11,16,18H2,1H3,(H,29,32). The topological polar surface area (TPSA) is 58.6 Å². The van der Waals surface area contributed by atoms with E-state index < -0.39 is 6.04 Å². The molecule has 7 heteroatoms. The van der Waals surface area contributed by atoms with Crippen LogP contribution in [0.5, 0.6) is 5.75 Å². The summed E-state index contributed by atoms with van der Waals surface area (Å²) < 4.78 is 5.71. The Morgan fingerprint density at radius 1 is 1.06 bits per heavy atom. The molecule has 0 radical (unpaired) electrons. The Labute approximate surface area is 206 Å². The fourth-order valence-electron chi connectivity index (χ4n) is 4.07. The van der Waals surface area contributed by atoms with Gasteiger partial charge in [-0.05, 0) is 68.1 Å². The fraction of sp³-hybridized carbons (Fsp3) is 0.462. The number of ether oxygens (including phenoxy) is 1. The van der Waals surface area contributed by atoms with Gasteiger partial charge in [-0.3, -0.25) is 9.59 Å². The minimum absolute atomic E-state index is 0.0824. The van der Waals surface area contributed by atoms with Crippen LogP contribution in [0.4, 0.5) is 0 Å². The van der Waals surface area contributed by atoms with Crippen molar-refractivity contribution in [1.82, 2.24) is 10.2 Å². The summed E-state index contributed by atoms with van der Waals surface area (Å²) in [6.07, 6.45) is 6.33. The molecular formula is C26H32Cl2N2O3. The zero-order valence-corrected chi connectivity index (χ0v) is 20.6. The van der Waals surface area contributed by atoms with Gasteiger partial charge in [0.25, 0.3) is 0 Å². The van der Waals surface area contributed by atoms with Gasteiger partial charge in [-0.1, -0.05) is 54.6 Å². The number of hydrogen-bond acceptors (Lipinski definition) is 3. The molecule has 0 saturated heterocycles. The molecule has 1 unspecified atom stereocenters. The van der Waals surface area contributed by atoms with Crippen molar-refractivity contribution < 1.29 is 14.3 Å². The Balaban J connectivity index is 1.60. The van der Waals surface area contributed by atoms with Gasteiger partial charge in [0.15, 0.2) is 0 Å². The van der Waals surface area contributed by atoms with Gasteiger partial charge in [0.2, 0.25) is 11.8 Å². The van der Waals surface area contributed by atoms with Crippen LogP contribution in [0.2, 0.25) is 10.0 Å². The lowest BCUT2D eigenvalue weighted by Gasteiger charge is -2.31. The molecule has 178 valence electrons. The molecule has 1 aliphatic carbocycles. The van der Waals surface area contributed by atoms with E-state index in [1.165, 1.54) is 6.42 Å². The molecule has 33 heavy (non-hydrogen) atoms. The Bertz CT molecular complexity index is 914. The number of carbonyl (C=O) groups is 2. The lowest BCUT2D eigenvalue weighted by molar-refractivity contribution is -0.141. The van der Waals surface area contributed by atoms with Crippen LogP contribution in [0, 0.1) is 0 Å². The first-order chi connectivity index (χ1) is 15.9. The summed E-state index contributed by atoms with van der Waals surface area (Å²) in [4.78, 5) is 27.8. The highest BCUT2D eigenvalue weighted by atomic mass is 35.5. The molecule has 3 rings (SSSR count). The molecule has 2 amide bonds. The summed E-state index contributed by atoms with van der Waals surface area (Å²) in [5.74, 6) is 0.526. The van der Waals surface area contributed by atoms with Gasteiger partial charge in [0.05, 0.1) is 6.61 Å². The summed E-state index contributed by atoms with van der Waals surface area (Å²) in [5.41, 5.74) is 0.894. The van der Waals surface area contributed by atoms with E-state index in [2.05, 4.69) is 5.32 Å². The van der Waals surface area contributed by atoms with Gasteiger partial charge in [-0.2, -0.15) is 0 Å². The van der Waals surface area contributed by atoms with Gasteiger partial charge in [-0.25, -0.2) is 0 Å². The van der Waals surface area contributed by atoms with Crippen LogP contribution in [0.25, 0.3) is 0 Å². The highest BCUT2D eigenvalue weighted by Gasteiger charge is 2.27. The van der Waals surface area contributed by atoms with Crippen molar-refractivity contribution in [2.45, 2.75) is 70.5 Å². The van der Waals surface area contributed by atoms with Crippen LogP contribution in [-0.2, 0) is 16.1 Å². The Hall–Kier alpha value is -2.24. The molecule has 0 bridgehead atoms. The SMILES string of the molecule is CC(C(=O)NC1CCCCC1)N(Cc1cccc(Cl)c1)C(=O)CCCOc1ccc(Cl)cc1. The lowest BCUT2D eigenvalue weighted by Crippen LogP contribution is -2.50. The number of hydrogen-bond donors (Lipinski definition) is 1. The maximum Gasteiger partial charge on any atom is 0.242 e. The van der Waals surface area contributed by atoms with E-state index in [4.69, 9.17) is 27.9 Å². The van der Waals surface area contributed by atoms with Crippen molar-refractivity contribution in [3.8, 4) is 5.75 Å². The molecular weight excluding hydrogens is 459 g/mol. The quantitative estimate of drug-likeness (QED) is 0.414. The van der Waals surface area contributed by atoms with Crippen molar-refractivity contribution in [2.75, 3.05) is 6.61 Å². The molecule has 5 nitrogen and oxygen atoms in total. The maximum atomic E-state index is 13.2. The summed E-state index contributed by atoms with van der Waals surface area (Å²) in [7, 11) is 0. The second kappa shape index (κ2) is 12.9. The normalized spacial score (nSPS) is 15.0. The third-order valence-electron chi connectivity index (χ3n) is 5.98. The number of nitrogens with zero attached hydrogens (tertiary/aromatic N) is 1. The Morgan fingerprint density at radius 3 is 2.48 bits per heavy atom. The number of amides is 2. The van der Waals surface area contributed by atoms with E-state index in [1.807, 2.05) is 18.2 Å². The largest absolute Gasteiger partial charge is 0.494 e. The first-order valence-electron chi connectivity index (χ1n) is 11.6. The highest BCUT2D eigenvalue weighted by Crippen LogP contribution is 2.20. The zero-order chi connectivity index (χ0) is 23.6. The van der Waals surface area contributed by atoms with Gasteiger partial charge < -0.3 is 15.0 Å². The van der Waals surface area contributed by atoms with Crippen LogP contribution in [-0.4, -0.2) is 35.4 Å². The Morgan fingerprint density at radius 2 is 1.79 bits per heavy atom. The molecule has 0 spiro atoms. The van der Waals surface area contributed by atoms with E-state index in [0.717, 1.165) is 31.2 Å². The smallest absolute Gasteiger partial charge is 0.242 e. The monoisotopic (exact) mass is 490 g/mol. The van der Waals surface area contributed by atoms with Crippen LogP contribution < -0.4 is 10.1 Å². The molecule has 1 atom stereocenters. The molecule has 0 aliphatic heterocycles. The van der Waals surface area contributed by atoms with Gasteiger partial charge >= 0.3 is 0 Å². The number of halogens is 2. The second-order valence-corrected chi connectivity index (χ2v) is 9.45. The summed E-state index contributed by atoms with van der Waals surface area (Å²) in [5, 5.41) is 4.40. The van der Waals surface area contributed by atoms with E-state index >= 15 is 0 Å². The average Bonchev–Trinajstić information content (AvgIpc) is 2.81. The lowest BCUT2D eigenvalue weighted by atomic mass is 9.95. The minimum Gasteiger partial charge on any atom is -0.494 e. The molecule has 2 aromatic rings. The number of nitrogens with one attached hydrogen (secondary N) is 1. The van der Waals surface area contributed by atoms with Crippen LogP contribution in [0.1, 0.15) is 57.4 Å². The highest BCUT2D eigenvalue weighted by molar-refractivity contribution is 6.30. The van der Waals surface area contributed by atoms with Crippen LogP contribution >= 0.6 is 23.2 Å². The van der Waals surface area contributed by atoms with Crippen molar-refractivity contribution in [3.05, 3.63) is 64.1 Å². The zero-order valence-electron chi connectivity index (χ0n) is 19.1. The fourth-order valence-corrected chi connectivity index (χ4v) is 4.41. The molecule has 1 N–H and O–H groups in total. The van der Waals surface area contributed by atoms with Crippen molar-refractivity contribution in [2.24, 2.45) is 0 Å². The predicted molar refractivity (Wildman–Crippen MR) is 133 cm³/mol. The summed E-state index contributed by atoms with van der Waals surface area (Å²) in [6.45, 7) is 2.53. The van der Waals surface area contributed by atoms with E-state index in [0.29, 0.717) is 35.4 Å². The number of benzene rings is 2. The van der Waals surface area contributed by atoms with E-state index in [1.54, 1.807) is 42.2 Å². The van der Waals surface area contributed by atoms with Crippen molar-refractivity contribution in [3.63, 3.8) is 0 Å². The van der Waals surface area contributed by atoms with E-state index in [-0.39, 0.29) is 24.3 Å².